The fraction of sp³-hybridized carbons (Fsp3) is 0.333. The van der Waals surface area contributed by atoms with Gasteiger partial charge in [0.25, 0.3) is 0 Å². The number of pyridine rings is 1. The van der Waals surface area contributed by atoms with E-state index in [4.69, 9.17) is 4.74 Å². The number of halogens is 1. The number of rotatable bonds is 3. The highest BCUT2D eigenvalue weighted by Gasteiger charge is 2.10. The van der Waals surface area contributed by atoms with Gasteiger partial charge in [-0.25, -0.2) is 4.98 Å². The lowest BCUT2D eigenvalue weighted by Crippen LogP contribution is -2.13. The molecule has 17 heavy (non-hydrogen) atoms. The van der Waals surface area contributed by atoms with Crippen LogP contribution in [0.4, 0.5) is 0 Å². The van der Waals surface area contributed by atoms with Crippen LogP contribution in [0, 0.1) is 0 Å². The normalized spacial score (nSPS) is 11.1. The van der Waals surface area contributed by atoms with E-state index in [-0.39, 0.29) is 18.5 Å². The van der Waals surface area contributed by atoms with E-state index in [2.05, 4.69) is 20.9 Å². The molecule has 2 rings (SSSR count). The van der Waals surface area contributed by atoms with E-state index in [1.165, 1.54) is 0 Å². The molecule has 0 aromatic carbocycles. The maximum atomic E-state index is 11.5. The van der Waals surface area contributed by atoms with E-state index in [0.717, 1.165) is 10.1 Å². The van der Waals surface area contributed by atoms with Crippen LogP contribution in [0.2, 0.25) is 0 Å². The smallest absolute Gasteiger partial charge is 0.312 e. The molecule has 0 saturated carbocycles. The summed E-state index contributed by atoms with van der Waals surface area (Å²) < 4.78 is 7.92. The van der Waals surface area contributed by atoms with Gasteiger partial charge in [0.05, 0.1) is 18.2 Å². The Bertz CT molecular complexity index is 548. The molecule has 0 aliphatic heterocycles. The number of nitrogens with zero attached hydrogens (tertiary/aromatic N) is 2. The van der Waals surface area contributed by atoms with Crippen molar-refractivity contribution in [3.8, 4) is 0 Å². The summed E-state index contributed by atoms with van der Waals surface area (Å²) >= 11 is 3.38. The Morgan fingerprint density at radius 3 is 3.06 bits per heavy atom. The van der Waals surface area contributed by atoms with Gasteiger partial charge in [0, 0.05) is 16.9 Å². The van der Waals surface area contributed by atoms with Crippen LogP contribution in [-0.2, 0) is 16.0 Å². The second kappa shape index (κ2) is 4.87. The molecule has 0 saturated heterocycles. The number of fused-ring (bicyclic) bond motifs is 1. The maximum Gasteiger partial charge on any atom is 0.312 e. The second-order valence-corrected chi connectivity index (χ2v) is 4.97. The van der Waals surface area contributed by atoms with Crippen molar-refractivity contribution < 1.29 is 9.53 Å². The van der Waals surface area contributed by atoms with Crippen LogP contribution in [0.15, 0.2) is 29.0 Å². The van der Waals surface area contributed by atoms with Gasteiger partial charge in [-0.1, -0.05) is 15.9 Å². The van der Waals surface area contributed by atoms with Gasteiger partial charge in [0.15, 0.2) is 0 Å². The van der Waals surface area contributed by atoms with Crippen molar-refractivity contribution >= 4 is 27.5 Å². The van der Waals surface area contributed by atoms with Crippen LogP contribution < -0.4 is 0 Å². The van der Waals surface area contributed by atoms with Gasteiger partial charge in [0.1, 0.15) is 5.65 Å². The summed E-state index contributed by atoms with van der Waals surface area (Å²) in [5.74, 6) is -0.248. The summed E-state index contributed by atoms with van der Waals surface area (Å²) in [5.41, 5.74) is 1.53. The third-order valence-corrected chi connectivity index (χ3v) is 2.66. The van der Waals surface area contributed by atoms with E-state index in [9.17, 15) is 4.79 Å². The fourth-order valence-corrected chi connectivity index (χ4v) is 1.87. The molecular weight excluding hydrogens is 284 g/mol. The van der Waals surface area contributed by atoms with Crippen molar-refractivity contribution in [3.05, 3.63) is 34.7 Å². The predicted octanol–water partition coefficient (Wildman–Crippen LogP) is 2.59. The van der Waals surface area contributed by atoms with Crippen LogP contribution in [0.5, 0.6) is 0 Å². The summed E-state index contributed by atoms with van der Waals surface area (Å²) in [5, 5.41) is 0. The van der Waals surface area contributed by atoms with Gasteiger partial charge in [0.2, 0.25) is 0 Å². The minimum atomic E-state index is -0.248. The first kappa shape index (κ1) is 12.1. The van der Waals surface area contributed by atoms with E-state index >= 15 is 0 Å². The van der Waals surface area contributed by atoms with Crippen LogP contribution in [0.25, 0.3) is 5.65 Å². The molecule has 0 radical (unpaired) electrons. The Morgan fingerprint density at radius 1 is 1.59 bits per heavy atom. The average molecular weight is 297 g/mol. The standard InChI is InChI=1S/C12H13BrN2O2/c1-8(2)17-12(16)6-10-7-15-4-3-9(13)5-11(15)14-10/h3-5,7-8H,6H2,1-2H3. The number of aromatic nitrogens is 2. The quantitative estimate of drug-likeness (QED) is 0.818. The molecule has 2 heterocycles. The second-order valence-electron chi connectivity index (χ2n) is 4.06. The first-order valence-electron chi connectivity index (χ1n) is 5.37. The lowest BCUT2D eigenvalue weighted by molar-refractivity contribution is -0.146. The SMILES string of the molecule is CC(C)OC(=O)Cc1cn2ccc(Br)cc2n1. The number of esters is 1. The lowest BCUT2D eigenvalue weighted by atomic mass is 10.3. The van der Waals surface area contributed by atoms with E-state index < -0.39 is 0 Å². The van der Waals surface area contributed by atoms with E-state index in [1.54, 1.807) is 0 Å². The van der Waals surface area contributed by atoms with Crippen molar-refractivity contribution in [1.82, 2.24) is 9.38 Å². The highest BCUT2D eigenvalue weighted by atomic mass is 79.9. The summed E-state index contributed by atoms with van der Waals surface area (Å²) in [6, 6.07) is 3.82. The van der Waals surface area contributed by atoms with Crippen molar-refractivity contribution in [1.29, 1.82) is 0 Å². The monoisotopic (exact) mass is 296 g/mol. The molecule has 2 aromatic heterocycles. The number of ether oxygens (including phenoxy) is 1. The van der Waals surface area contributed by atoms with Crippen LogP contribution >= 0.6 is 15.9 Å². The lowest BCUT2D eigenvalue weighted by Gasteiger charge is -2.05. The molecule has 0 spiro atoms. The number of carbonyl (C=O) groups is 1. The molecule has 0 bridgehead atoms. The molecule has 0 atom stereocenters. The zero-order valence-corrected chi connectivity index (χ0v) is 11.3. The Balaban J connectivity index is 2.17. The van der Waals surface area contributed by atoms with Gasteiger partial charge >= 0.3 is 5.97 Å². The Morgan fingerprint density at radius 2 is 2.35 bits per heavy atom. The molecule has 90 valence electrons. The van der Waals surface area contributed by atoms with Gasteiger partial charge in [-0.2, -0.15) is 0 Å². The molecule has 0 N–H and O–H groups in total. The third-order valence-electron chi connectivity index (χ3n) is 2.16. The molecule has 0 aliphatic carbocycles. The minimum Gasteiger partial charge on any atom is -0.463 e. The largest absolute Gasteiger partial charge is 0.463 e. The number of imidazole rings is 1. The first-order valence-corrected chi connectivity index (χ1v) is 6.16. The average Bonchev–Trinajstić information content (AvgIpc) is 2.57. The van der Waals surface area contributed by atoms with Crippen molar-refractivity contribution in [2.24, 2.45) is 0 Å². The summed E-state index contributed by atoms with van der Waals surface area (Å²) in [6.07, 6.45) is 3.85. The Kier molecular flexibility index (Phi) is 3.47. The van der Waals surface area contributed by atoms with Gasteiger partial charge in [-0.15, -0.1) is 0 Å². The Labute approximate surface area is 108 Å². The minimum absolute atomic E-state index is 0.0892. The summed E-state index contributed by atoms with van der Waals surface area (Å²) in [6.45, 7) is 3.66. The van der Waals surface area contributed by atoms with Crippen LogP contribution in [0.3, 0.4) is 0 Å². The highest BCUT2D eigenvalue weighted by Crippen LogP contribution is 2.13. The number of hydrogen-bond acceptors (Lipinski definition) is 3. The first-order chi connectivity index (χ1) is 8.04. The summed E-state index contributed by atoms with van der Waals surface area (Å²) in [7, 11) is 0. The molecule has 0 amide bonds. The summed E-state index contributed by atoms with van der Waals surface area (Å²) in [4.78, 5) is 15.8. The predicted molar refractivity (Wildman–Crippen MR) is 67.8 cm³/mol. The maximum absolute atomic E-state index is 11.5. The molecule has 5 heteroatoms. The third kappa shape index (κ3) is 3.06. The van der Waals surface area contributed by atoms with Gasteiger partial charge in [-0.05, 0) is 26.0 Å². The van der Waals surface area contributed by atoms with Gasteiger partial charge in [-0.3, -0.25) is 4.79 Å². The Hall–Kier alpha value is -1.36. The molecule has 0 unspecified atom stereocenters. The fourth-order valence-electron chi connectivity index (χ4n) is 1.55. The van der Waals surface area contributed by atoms with Crippen molar-refractivity contribution in [2.45, 2.75) is 26.4 Å². The topological polar surface area (TPSA) is 43.6 Å². The highest BCUT2D eigenvalue weighted by molar-refractivity contribution is 9.10. The molecule has 0 fully saturated rings. The van der Waals surface area contributed by atoms with Crippen molar-refractivity contribution in [2.75, 3.05) is 0 Å². The molecule has 2 aromatic rings. The zero-order chi connectivity index (χ0) is 12.4. The van der Waals surface area contributed by atoms with E-state index in [1.807, 2.05) is 42.8 Å². The van der Waals surface area contributed by atoms with E-state index in [0.29, 0.717) is 5.69 Å². The van der Waals surface area contributed by atoms with Crippen LogP contribution in [0.1, 0.15) is 19.5 Å². The van der Waals surface area contributed by atoms with Gasteiger partial charge < -0.3 is 9.14 Å². The molecule has 0 aliphatic rings. The number of carbonyl (C=O) groups excluding carboxylic acids is 1. The molecular formula is C12H13BrN2O2. The number of hydrogen-bond donors (Lipinski definition) is 0. The molecule has 4 nitrogen and oxygen atoms in total. The van der Waals surface area contributed by atoms with Crippen LogP contribution in [-0.4, -0.2) is 21.5 Å². The zero-order valence-electron chi connectivity index (χ0n) is 9.68. The van der Waals surface area contributed by atoms with Crippen molar-refractivity contribution in [3.63, 3.8) is 0 Å².